The highest BCUT2D eigenvalue weighted by Crippen LogP contribution is 2.17. The summed E-state index contributed by atoms with van der Waals surface area (Å²) in [4.78, 5) is 16.6. The van der Waals surface area contributed by atoms with Gasteiger partial charge in [0.25, 0.3) is 0 Å². The first-order chi connectivity index (χ1) is 12.2. The molecule has 3 nitrogen and oxygen atoms in total. The average Bonchev–Trinajstić information content (AvgIpc) is 2.66. The molecule has 1 N–H and O–H groups in total. The van der Waals surface area contributed by atoms with Gasteiger partial charge in [-0.2, -0.15) is 0 Å². The van der Waals surface area contributed by atoms with E-state index in [0.717, 1.165) is 28.5 Å². The maximum absolute atomic E-state index is 12.2. The zero-order valence-corrected chi connectivity index (χ0v) is 14.6. The Morgan fingerprint density at radius 3 is 2.64 bits per heavy atom. The fourth-order valence-corrected chi connectivity index (χ4v) is 2.81. The number of nitrogens with one attached hydrogen (secondary N) is 1. The normalized spacial score (nSPS) is 12.4. The Bertz CT molecular complexity index is 892. The molecule has 0 saturated carbocycles. The van der Waals surface area contributed by atoms with Gasteiger partial charge >= 0.3 is 0 Å². The summed E-state index contributed by atoms with van der Waals surface area (Å²) >= 11 is 0. The molecule has 0 saturated heterocycles. The number of nitrogens with zero attached hydrogens (tertiary/aromatic N) is 1. The van der Waals surface area contributed by atoms with Gasteiger partial charge in [0, 0.05) is 23.2 Å². The predicted octanol–water partition coefficient (Wildman–Crippen LogP) is 4.69. The van der Waals surface area contributed by atoms with E-state index in [9.17, 15) is 4.79 Å². The fraction of sp³-hybridized carbons (Fsp3) is 0.182. The number of para-hydroxylation sites is 1. The van der Waals surface area contributed by atoms with E-state index in [2.05, 4.69) is 41.5 Å². The summed E-state index contributed by atoms with van der Waals surface area (Å²) in [6.07, 6.45) is 6.17. The fourth-order valence-electron chi connectivity index (χ4n) is 2.81. The molecule has 3 heteroatoms. The third-order valence-electron chi connectivity index (χ3n) is 4.32. The summed E-state index contributed by atoms with van der Waals surface area (Å²) in [6, 6.07) is 18.2. The maximum Gasteiger partial charge on any atom is 0.244 e. The molecular weight excluding hydrogens is 308 g/mol. The lowest BCUT2D eigenvalue weighted by Gasteiger charge is -2.13. The number of hydrogen-bond acceptors (Lipinski definition) is 2. The van der Waals surface area contributed by atoms with Crippen LogP contribution in [0, 0.1) is 0 Å². The molecule has 0 aliphatic heterocycles. The van der Waals surface area contributed by atoms with Crippen molar-refractivity contribution in [2.45, 2.75) is 26.3 Å². The number of pyridine rings is 1. The largest absolute Gasteiger partial charge is 0.346 e. The Kier molecular flexibility index (Phi) is 5.24. The van der Waals surface area contributed by atoms with Gasteiger partial charge in [0.1, 0.15) is 0 Å². The highest BCUT2D eigenvalue weighted by atomic mass is 16.1. The first kappa shape index (κ1) is 16.9. The van der Waals surface area contributed by atoms with Crippen molar-refractivity contribution < 1.29 is 4.79 Å². The van der Waals surface area contributed by atoms with E-state index in [1.165, 1.54) is 5.56 Å². The SMILES string of the molecule is CCc1ccc(C(C)NC(=O)/C=C/c2cccc3cccnc23)cc1. The molecule has 126 valence electrons. The summed E-state index contributed by atoms with van der Waals surface area (Å²) in [5.41, 5.74) is 4.24. The average molecular weight is 330 g/mol. The second-order valence-corrected chi connectivity index (χ2v) is 6.08. The second kappa shape index (κ2) is 7.75. The van der Waals surface area contributed by atoms with Crippen molar-refractivity contribution in [1.29, 1.82) is 0 Å². The van der Waals surface area contributed by atoms with Crippen LogP contribution in [0.4, 0.5) is 0 Å². The highest BCUT2D eigenvalue weighted by Gasteiger charge is 2.07. The van der Waals surface area contributed by atoms with Gasteiger partial charge in [-0.15, -0.1) is 0 Å². The van der Waals surface area contributed by atoms with Gasteiger partial charge in [-0.3, -0.25) is 9.78 Å². The van der Waals surface area contributed by atoms with Crippen molar-refractivity contribution in [3.8, 4) is 0 Å². The van der Waals surface area contributed by atoms with E-state index in [1.807, 2.05) is 43.3 Å². The van der Waals surface area contributed by atoms with Crippen LogP contribution in [0.2, 0.25) is 0 Å². The summed E-state index contributed by atoms with van der Waals surface area (Å²) in [5.74, 6) is -0.111. The van der Waals surface area contributed by atoms with E-state index in [1.54, 1.807) is 12.3 Å². The van der Waals surface area contributed by atoms with Crippen molar-refractivity contribution in [3.05, 3.63) is 83.6 Å². The zero-order chi connectivity index (χ0) is 17.6. The van der Waals surface area contributed by atoms with Crippen LogP contribution in [0.5, 0.6) is 0 Å². The van der Waals surface area contributed by atoms with Crippen molar-refractivity contribution in [2.24, 2.45) is 0 Å². The first-order valence-electron chi connectivity index (χ1n) is 8.58. The summed E-state index contributed by atoms with van der Waals surface area (Å²) in [6.45, 7) is 4.12. The summed E-state index contributed by atoms with van der Waals surface area (Å²) < 4.78 is 0. The summed E-state index contributed by atoms with van der Waals surface area (Å²) in [7, 11) is 0. The van der Waals surface area contributed by atoms with Crippen molar-refractivity contribution in [3.63, 3.8) is 0 Å². The van der Waals surface area contributed by atoms with Crippen LogP contribution in [-0.4, -0.2) is 10.9 Å². The number of rotatable bonds is 5. The zero-order valence-electron chi connectivity index (χ0n) is 14.6. The van der Waals surface area contributed by atoms with Gasteiger partial charge in [-0.05, 0) is 36.6 Å². The minimum atomic E-state index is -0.111. The molecule has 1 atom stereocenters. The molecule has 1 amide bonds. The van der Waals surface area contributed by atoms with E-state index < -0.39 is 0 Å². The molecular formula is C22H22N2O. The monoisotopic (exact) mass is 330 g/mol. The van der Waals surface area contributed by atoms with E-state index in [4.69, 9.17) is 0 Å². The first-order valence-corrected chi connectivity index (χ1v) is 8.58. The van der Waals surface area contributed by atoms with Crippen molar-refractivity contribution in [2.75, 3.05) is 0 Å². The Labute approximate surface area is 148 Å². The number of hydrogen-bond donors (Lipinski definition) is 1. The third kappa shape index (κ3) is 4.13. The van der Waals surface area contributed by atoms with E-state index >= 15 is 0 Å². The summed E-state index contributed by atoms with van der Waals surface area (Å²) in [5, 5.41) is 4.07. The lowest BCUT2D eigenvalue weighted by atomic mass is 10.0. The van der Waals surface area contributed by atoms with Crippen molar-refractivity contribution in [1.82, 2.24) is 10.3 Å². The van der Waals surface area contributed by atoms with Gasteiger partial charge in [-0.25, -0.2) is 0 Å². The lowest BCUT2D eigenvalue weighted by molar-refractivity contribution is -0.117. The maximum atomic E-state index is 12.2. The molecule has 1 unspecified atom stereocenters. The van der Waals surface area contributed by atoms with Crippen molar-refractivity contribution >= 4 is 22.9 Å². The molecule has 1 aromatic heterocycles. The topological polar surface area (TPSA) is 42.0 Å². The number of carbonyl (C=O) groups is 1. The molecule has 0 radical (unpaired) electrons. The molecule has 3 rings (SSSR count). The standard InChI is InChI=1S/C22H22N2O/c1-3-17-9-11-18(12-10-17)16(2)24-21(25)14-13-20-7-4-6-19-8-5-15-23-22(19)20/h4-16H,3H2,1-2H3,(H,24,25)/b14-13+. The van der Waals surface area contributed by atoms with Crippen LogP contribution >= 0.6 is 0 Å². The molecule has 2 aromatic carbocycles. The second-order valence-electron chi connectivity index (χ2n) is 6.08. The smallest absolute Gasteiger partial charge is 0.244 e. The molecule has 0 aliphatic carbocycles. The van der Waals surface area contributed by atoms with Crippen LogP contribution in [-0.2, 0) is 11.2 Å². The van der Waals surface area contributed by atoms with Crippen LogP contribution in [0.15, 0.2) is 66.9 Å². The predicted molar refractivity (Wildman–Crippen MR) is 103 cm³/mol. The molecule has 1 heterocycles. The molecule has 0 aliphatic rings. The minimum absolute atomic E-state index is 0.0336. The molecule has 0 spiro atoms. The van der Waals surface area contributed by atoms with Crippen LogP contribution in [0.3, 0.4) is 0 Å². The number of amides is 1. The van der Waals surface area contributed by atoms with Crippen LogP contribution in [0.25, 0.3) is 17.0 Å². The molecule has 3 aromatic rings. The molecule has 0 bridgehead atoms. The minimum Gasteiger partial charge on any atom is -0.346 e. The third-order valence-corrected chi connectivity index (χ3v) is 4.32. The van der Waals surface area contributed by atoms with E-state index in [-0.39, 0.29) is 11.9 Å². The Morgan fingerprint density at radius 2 is 1.88 bits per heavy atom. The number of aromatic nitrogens is 1. The van der Waals surface area contributed by atoms with Crippen LogP contribution in [0.1, 0.15) is 36.6 Å². The van der Waals surface area contributed by atoms with E-state index in [0.29, 0.717) is 0 Å². The van der Waals surface area contributed by atoms with Crippen LogP contribution < -0.4 is 5.32 Å². The molecule has 0 fully saturated rings. The van der Waals surface area contributed by atoms with Gasteiger partial charge in [-0.1, -0.05) is 55.5 Å². The number of fused-ring (bicyclic) bond motifs is 1. The number of benzene rings is 2. The Hall–Kier alpha value is -2.94. The molecule has 25 heavy (non-hydrogen) atoms. The highest BCUT2D eigenvalue weighted by molar-refractivity contribution is 5.95. The van der Waals surface area contributed by atoms with Gasteiger partial charge < -0.3 is 5.32 Å². The Balaban J connectivity index is 1.69. The van der Waals surface area contributed by atoms with Gasteiger partial charge in [0.05, 0.1) is 11.6 Å². The lowest BCUT2D eigenvalue weighted by Crippen LogP contribution is -2.24. The number of carbonyl (C=O) groups excluding carboxylic acids is 1. The quantitative estimate of drug-likeness (QED) is 0.690. The van der Waals surface area contributed by atoms with Gasteiger partial charge in [0.2, 0.25) is 5.91 Å². The van der Waals surface area contributed by atoms with Gasteiger partial charge in [0.15, 0.2) is 0 Å². The Morgan fingerprint density at radius 1 is 1.12 bits per heavy atom. The number of aryl methyl sites for hydroxylation is 1.